The molecule has 3 aromatic rings. The summed E-state index contributed by atoms with van der Waals surface area (Å²) in [5, 5.41) is 5.92. The Balaban J connectivity index is 1.81. The topological polar surface area (TPSA) is 93.1 Å². The zero-order valence-electron chi connectivity index (χ0n) is 15.8. The molecule has 1 atom stereocenters. The highest BCUT2D eigenvalue weighted by Crippen LogP contribution is 2.19. The largest absolute Gasteiger partial charge is 0.359 e. The fourth-order valence-corrected chi connectivity index (χ4v) is 2.96. The van der Waals surface area contributed by atoms with E-state index in [1.165, 1.54) is 10.9 Å². The summed E-state index contributed by atoms with van der Waals surface area (Å²) < 4.78 is 1.32. The van der Waals surface area contributed by atoms with Crippen LogP contribution in [0.2, 0.25) is 0 Å². The second-order valence-electron chi connectivity index (χ2n) is 6.47. The van der Waals surface area contributed by atoms with Gasteiger partial charge in [-0.05, 0) is 37.1 Å². The predicted molar refractivity (Wildman–Crippen MR) is 108 cm³/mol. The van der Waals surface area contributed by atoms with Gasteiger partial charge in [-0.1, -0.05) is 30.3 Å². The molecule has 0 saturated carbocycles. The van der Waals surface area contributed by atoms with Crippen LogP contribution in [-0.2, 0) is 16.0 Å². The molecular weight excluding hydrogens is 356 g/mol. The average Bonchev–Trinajstić information content (AvgIpc) is 2.72. The second-order valence-corrected chi connectivity index (χ2v) is 6.47. The van der Waals surface area contributed by atoms with Gasteiger partial charge in [-0.25, -0.2) is 4.98 Å². The van der Waals surface area contributed by atoms with Crippen LogP contribution < -0.4 is 16.2 Å². The van der Waals surface area contributed by atoms with E-state index in [4.69, 9.17) is 0 Å². The summed E-state index contributed by atoms with van der Waals surface area (Å²) in [5.41, 5.74) is 1.82. The van der Waals surface area contributed by atoms with Crippen LogP contribution in [0.4, 0.5) is 5.69 Å². The number of carbonyl (C=O) groups excluding carboxylic acids is 2. The van der Waals surface area contributed by atoms with Crippen LogP contribution in [0.25, 0.3) is 10.9 Å². The summed E-state index contributed by atoms with van der Waals surface area (Å²) in [6, 6.07) is 13.6. The number of aryl methyl sites for hydroxylation is 1. The summed E-state index contributed by atoms with van der Waals surface area (Å²) in [7, 11) is 1.59. The Bertz CT molecular complexity index is 1070. The monoisotopic (exact) mass is 378 g/mol. The molecule has 1 unspecified atom stereocenters. The highest BCUT2D eigenvalue weighted by atomic mass is 16.2. The van der Waals surface area contributed by atoms with Crippen LogP contribution in [0.15, 0.2) is 59.7 Å². The number of amides is 2. The van der Waals surface area contributed by atoms with Crippen molar-refractivity contribution < 1.29 is 9.59 Å². The van der Waals surface area contributed by atoms with Crippen molar-refractivity contribution in [1.82, 2.24) is 14.9 Å². The number of fused-ring (bicyclic) bond motifs is 1. The molecule has 3 rings (SSSR count). The fraction of sp³-hybridized carbons (Fsp3) is 0.238. The highest BCUT2D eigenvalue weighted by molar-refractivity contribution is 5.94. The lowest BCUT2D eigenvalue weighted by molar-refractivity contribution is -0.120. The van der Waals surface area contributed by atoms with Gasteiger partial charge in [0.25, 0.3) is 5.56 Å². The minimum atomic E-state index is -0.739. The first kappa shape index (κ1) is 19.3. The Kier molecular flexibility index (Phi) is 5.84. The van der Waals surface area contributed by atoms with E-state index in [-0.39, 0.29) is 17.4 Å². The molecule has 1 heterocycles. The van der Waals surface area contributed by atoms with E-state index in [0.29, 0.717) is 29.4 Å². The van der Waals surface area contributed by atoms with Crippen molar-refractivity contribution in [3.05, 3.63) is 70.8 Å². The van der Waals surface area contributed by atoms with Gasteiger partial charge in [-0.15, -0.1) is 0 Å². The van der Waals surface area contributed by atoms with Crippen LogP contribution in [0.5, 0.6) is 0 Å². The molecule has 0 aliphatic heterocycles. The zero-order valence-corrected chi connectivity index (χ0v) is 15.8. The van der Waals surface area contributed by atoms with Gasteiger partial charge in [0.1, 0.15) is 6.04 Å². The van der Waals surface area contributed by atoms with Crippen molar-refractivity contribution in [2.45, 2.75) is 25.8 Å². The maximum atomic E-state index is 12.8. The van der Waals surface area contributed by atoms with Gasteiger partial charge < -0.3 is 10.6 Å². The maximum absolute atomic E-state index is 12.8. The third-order valence-corrected chi connectivity index (χ3v) is 4.66. The van der Waals surface area contributed by atoms with E-state index in [1.54, 1.807) is 38.2 Å². The Hall–Kier alpha value is -3.48. The lowest BCUT2D eigenvalue weighted by atomic mass is 10.1. The molecule has 144 valence electrons. The Morgan fingerprint density at radius 2 is 1.82 bits per heavy atom. The molecule has 0 fully saturated rings. The summed E-state index contributed by atoms with van der Waals surface area (Å²) in [6.07, 6.45) is 2.22. The lowest BCUT2D eigenvalue weighted by Crippen LogP contribution is -2.32. The predicted octanol–water partition coefficient (Wildman–Crippen LogP) is 2.27. The molecule has 7 nitrogen and oxygen atoms in total. The first-order valence-corrected chi connectivity index (χ1v) is 9.06. The molecule has 28 heavy (non-hydrogen) atoms. The summed E-state index contributed by atoms with van der Waals surface area (Å²) >= 11 is 0. The van der Waals surface area contributed by atoms with Gasteiger partial charge in [0.15, 0.2) is 0 Å². The van der Waals surface area contributed by atoms with Crippen molar-refractivity contribution in [3.63, 3.8) is 0 Å². The van der Waals surface area contributed by atoms with E-state index in [0.717, 1.165) is 5.56 Å². The zero-order chi connectivity index (χ0) is 20.1. The maximum Gasteiger partial charge on any atom is 0.261 e. The molecule has 0 bridgehead atoms. The molecule has 2 aromatic carbocycles. The van der Waals surface area contributed by atoms with E-state index >= 15 is 0 Å². The molecule has 0 spiro atoms. The highest BCUT2D eigenvalue weighted by Gasteiger charge is 2.19. The average molecular weight is 378 g/mol. The van der Waals surface area contributed by atoms with Crippen molar-refractivity contribution in [3.8, 4) is 0 Å². The Labute approximate surface area is 162 Å². The van der Waals surface area contributed by atoms with Crippen LogP contribution in [0, 0.1) is 0 Å². The summed E-state index contributed by atoms with van der Waals surface area (Å²) in [5.74, 6) is -0.394. The van der Waals surface area contributed by atoms with Gasteiger partial charge in [-0.3, -0.25) is 19.0 Å². The normalized spacial score (nSPS) is 11.8. The van der Waals surface area contributed by atoms with E-state index in [2.05, 4.69) is 15.6 Å². The number of nitrogens with zero attached hydrogens (tertiary/aromatic N) is 2. The second kappa shape index (κ2) is 8.47. The van der Waals surface area contributed by atoms with Crippen LogP contribution in [-0.4, -0.2) is 28.4 Å². The Morgan fingerprint density at radius 3 is 2.61 bits per heavy atom. The standard InChI is InChI=1S/C21H22N4O3/c1-14(25-13-23-18-10-6-4-8-16(18)21(25)28)20(27)24-17-9-5-3-7-15(17)11-12-19(26)22-2/h3-10,13-14H,11-12H2,1-2H3,(H,22,26)(H,24,27). The number of rotatable bonds is 6. The molecular formula is C21H22N4O3. The minimum absolute atomic E-state index is 0.0664. The number of hydrogen-bond acceptors (Lipinski definition) is 4. The van der Waals surface area contributed by atoms with Gasteiger partial charge in [0.05, 0.1) is 17.2 Å². The first-order chi connectivity index (χ1) is 13.5. The molecule has 7 heteroatoms. The van der Waals surface area contributed by atoms with Gasteiger partial charge in [-0.2, -0.15) is 0 Å². The molecule has 0 radical (unpaired) electrons. The smallest absolute Gasteiger partial charge is 0.261 e. The van der Waals surface area contributed by atoms with Gasteiger partial charge in [0, 0.05) is 19.2 Å². The molecule has 2 amide bonds. The number of para-hydroxylation sites is 2. The minimum Gasteiger partial charge on any atom is -0.359 e. The third kappa shape index (κ3) is 4.09. The summed E-state index contributed by atoms with van der Waals surface area (Å²) in [6.45, 7) is 1.65. The molecule has 0 aliphatic carbocycles. The number of aromatic nitrogens is 2. The van der Waals surface area contributed by atoms with Gasteiger partial charge in [0.2, 0.25) is 11.8 Å². The number of nitrogens with one attached hydrogen (secondary N) is 2. The van der Waals surface area contributed by atoms with E-state index in [9.17, 15) is 14.4 Å². The van der Waals surface area contributed by atoms with Gasteiger partial charge >= 0.3 is 0 Å². The molecule has 2 N–H and O–H groups in total. The Morgan fingerprint density at radius 1 is 1.11 bits per heavy atom. The van der Waals surface area contributed by atoms with Crippen LogP contribution in [0.3, 0.4) is 0 Å². The number of carbonyl (C=O) groups is 2. The SMILES string of the molecule is CNC(=O)CCc1ccccc1NC(=O)C(C)n1cnc2ccccc2c1=O. The van der Waals surface area contributed by atoms with E-state index in [1.807, 2.05) is 24.3 Å². The molecule has 1 aromatic heterocycles. The fourth-order valence-electron chi connectivity index (χ4n) is 2.96. The number of anilines is 1. The summed E-state index contributed by atoms with van der Waals surface area (Å²) in [4.78, 5) is 41.3. The van der Waals surface area contributed by atoms with Crippen molar-refractivity contribution in [2.75, 3.05) is 12.4 Å². The number of hydrogen-bond donors (Lipinski definition) is 2. The van der Waals surface area contributed by atoms with Crippen LogP contribution >= 0.6 is 0 Å². The quantitative estimate of drug-likeness (QED) is 0.688. The lowest BCUT2D eigenvalue weighted by Gasteiger charge is -2.17. The van der Waals surface area contributed by atoms with Crippen molar-refractivity contribution in [1.29, 1.82) is 0 Å². The third-order valence-electron chi connectivity index (χ3n) is 4.66. The first-order valence-electron chi connectivity index (χ1n) is 9.06. The van der Waals surface area contributed by atoms with Crippen LogP contribution in [0.1, 0.15) is 24.9 Å². The molecule has 0 aliphatic rings. The number of benzene rings is 2. The van der Waals surface area contributed by atoms with Crippen molar-refractivity contribution >= 4 is 28.4 Å². The van der Waals surface area contributed by atoms with Crippen molar-refractivity contribution in [2.24, 2.45) is 0 Å². The van der Waals surface area contributed by atoms with E-state index < -0.39 is 6.04 Å². The molecule has 0 saturated heterocycles.